The van der Waals surface area contributed by atoms with Crippen molar-refractivity contribution < 1.29 is 9.90 Å². The van der Waals surface area contributed by atoms with Crippen molar-refractivity contribution in [2.45, 2.75) is 25.3 Å². The number of carbonyl (C=O) groups is 1. The zero-order valence-electron chi connectivity index (χ0n) is 9.78. The SMILES string of the molecule is O=C(O)C1CCCc2nc(-c3ccncc3)cn21. The van der Waals surface area contributed by atoms with E-state index in [4.69, 9.17) is 0 Å². The molecule has 0 bridgehead atoms. The number of rotatable bonds is 2. The van der Waals surface area contributed by atoms with Gasteiger partial charge in [-0.1, -0.05) is 0 Å². The first-order valence-corrected chi connectivity index (χ1v) is 5.96. The largest absolute Gasteiger partial charge is 0.480 e. The minimum atomic E-state index is -0.783. The fraction of sp³-hybridized carbons (Fsp3) is 0.308. The number of carboxylic acid groups (broad SMARTS) is 1. The fourth-order valence-corrected chi connectivity index (χ4v) is 2.38. The van der Waals surface area contributed by atoms with Gasteiger partial charge < -0.3 is 9.67 Å². The number of aromatic nitrogens is 3. The molecule has 0 aromatic carbocycles. The number of nitrogens with zero attached hydrogens (tertiary/aromatic N) is 3. The number of hydrogen-bond donors (Lipinski definition) is 1. The van der Waals surface area contributed by atoms with E-state index in [0.29, 0.717) is 6.42 Å². The molecule has 0 radical (unpaired) electrons. The number of hydrogen-bond acceptors (Lipinski definition) is 3. The average molecular weight is 243 g/mol. The molecule has 2 aromatic heterocycles. The Balaban J connectivity index is 2.04. The van der Waals surface area contributed by atoms with E-state index in [1.54, 1.807) is 17.0 Å². The summed E-state index contributed by atoms with van der Waals surface area (Å²) in [7, 11) is 0. The molecule has 0 aliphatic carbocycles. The van der Waals surface area contributed by atoms with Crippen molar-refractivity contribution in [3.63, 3.8) is 0 Å². The summed E-state index contributed by atoms with van der Waals surface area (Å²) >= 11 is 0. The molecule has 5 nitrogen and oxygen atoms in total. The molecule has 1 unspecified atom stereocenters. The van der Waals surface area contributed by atoms with Gasteiger partial charge in [0.2, 0.25) is 0 Å². The van der Waals surface area contributed by atoms with Crippen molar-refractivity contribution in [2.75, 3.05) is 0 Å². The lowest BCUT2D eigenvalue weighted by atomic mass is 10.1. The molecular formula is C13H13N3O2. The summed E-state index contributed by atoms with van der Waals surface area (Å²) in [6, 6.07) is 3.28. The van der Waals surface area contributed by atoms with Gasteiger partial charge in [-0.3, -0.25) is 4.98 Å². The minimum absolute atomic E-state index is 0.475. The van der Waals surface area contributed by atoms with Gasteiger partial charge in [0.25, 0.3) is 0 Å². The van der Waals surface area contributed by atoms with Crippen LogP contribution in [0.25, 0.3) is 11.3 Å². The quantitative estimate of drug-likeness (QED) is 0.874. The van der Waals surface area contributed by atoms with Crippen molar-refractivity contribution in [3.8, 4) is 11.3 Å². The van der Waals surface area contributed by atoms with E-state index in [9.17, 15) is 9.90 Å². The number of carboxylic acids is 1. The summed E-state index contributed by atoms with van der Waals surface area (Å²) in [5, 5.41) is 9.21. The molecule has 3 rings (SSSR count). The van der Waals surface area contributed by atoms with Gasteiger partial charge in [-0.25, -0.2) is 9.78 Å². The van der Waals surface area contributed by atoms with Gasteiger partial charge in [-0.2, -0.15) is 0 Å². The first kappa shape index (κ1) is 11.0. The molecule has 0 fully saturated rings. The molecule has 0 spiro atoms. The summed E-state index contributed by atoms with van der Waals surface area (Å²) in [6.07, 6.45) is 7.65. The van der Waals surface area contributed by atoms with Gasteiger partial charge in [0, 0.05) is 30.6 Å². The predicted octanol–water partition coefficient (Wildman–Crippen LogP) is 1.91. The van der Waals surface area contributed by atoms with Crippen LogP contribution in [0.3, 0.4) is 0 Å². The third-order valence-electron chi connectivity index (χ3n) is 3.28. The first-order valence-electron chi connectivity index (χ1n) is 5.96. The zero-order chi connectivity index (χ0) is 12.5. The molecule has 18 heavy (non-hydrogen) atoms. The van der Waals surface area contributed by atoms with E-state index < -0.39 is 12.0 Å². The van der Waals surface area contributed by atoms with Crippen LogP contribution in [0, 0.1) is 0 Å². The monoisotopic (exact) mass is 243 g/mol. The number of pyridine rings is 1. The van der Waals surface area contributed by atoms with Crippen LogP contribution >= 0.6 is 0 Å². The Morgan fingerprint density at radius 3 is 2.89 bits per heavy atom. The predicted molar refractivity (Wildman–Crippen MR) is 65.1 cm³/mol. The summed E-state index contributed by atoms with van der Waals surface area (Å²) in [5.74, 6) is 0.0788. The van der Waals surface area contributed by atoms with Gasteiger partial charge in [-0.05, 0) is 25.0 Å². The average Bonchev–Trinajstić information content (AvgIpc) is 2.83. The normalized spacial score (nSPS) is 18.3. The van der Waals surface area contributed by atoms with Crippen molar-refractivity contribution in [1.29, 1.82) is 0 Å². The van der Waals surface area contributed by atoms with Crippen LogP contribution in [-0.2, 0) is 11.2 Å². The highest BCUT2D eigenvalue weighted by atomic mass is 16.4. The lowest BCUT2D eigenvalue weighted by Crippen LogP contribution is -2.24. The molecule has 1 N–H and O–H groups in total. The molecular weight excluding hydrogens is 230 g/mol. The van der Waals surface area contributed by atoms with Crippen LogP contribution in [0.4, 0.5) is 0 Å². The Bertz CT molecular complexity index is 577. The van der Waals surface area contributed by atoms with Crippen LogP contribution in [0.5, 0.6) is 0 Å². The van der Waals surface area contributed by atoms with E-state index in [1.165, 1.54) is 0 Å². The zero-order valence-corrected chi connectivity index (χ0v) is 9.78. The maximum atomic E-state index is 11.2. The third kappa shape index (κ3) is 1.77. The molecule has 3 heterocycles. The van der Waals surface area contributed by atoms with E-state index in [0.717, 1.165) is 29.9 Å². The standard InChI is InChI=1S/C13H13N3O2/c17-13(18)11-2-1-3-12-15-10(8-16(11)12)9-4-6-14-7-5-9/h4-8,11H,1-3H2,(H,17,18). The van der Waals surface area contributed by atoms with Crippen molar-refractivity contribution in [2.24, 2.45) is 0 Å². The van der Waals surface area contributed by atoms with Gasteiger partial charge in [0.05, 0.1) is 5.69 Å². The molecule has 2 aromatic rings. The maximum absolute atomic E-state index is 11.2. The molecule has 0 saturated heterocycles. The van der Waals surface area contributed by atoms with Crippen LogP contribution in [-0.4, -0.2) is 25.6 Å². The topological polar surface area (TPSA) is 68.0 Å². The minimum Gasteiger partial charge on any atom is -0.480 e. The summed E-state index contributed by atoms with van der Waals surface area (Å²) in [5.41, 5.74) is 1.79. The molecule has 0 amide bonds. The molecule has 92 valence electrons. The highest BCUT2D eigenvalue weighted by Crippen LogP contribution is 2.28. The Morgan fingerprint density at radius 2 is 2.17 bits per heavy atom. The maximum Gasteiger partial charge on any atom is 0.326 e. The second-order valence-electron chi connectivity index (χ2n) is 4.43. The molecule has 1 aliphatic heterocycles. The number of aryl methyl sites for hydroxylation is 1. The number of aliphatic carboxylic acids is 1. The van der Waals surface area contributed by atoms with Crippen LogP contribution in [0.1, 0.15) is 24.7 Å². The molecule has 0 saturated carbocycles. The van der Waals surface area contributed by atoms with Crippen molar-refractivity contribution in [1.82, 2.24) is 14.5 Å². The van der Waals surface area contributed by atoms with Gasteiger partial charge in [0.15, 0.2) is 0 Å². The smallest absolute Gasteiger partial charge is 0.326 e. The third-order valence-corrected chi connectivity index (χ3v) is 3.28. The van der Waals surface area contributed by atoms with E-state index in [-0.39, 0.29) is 0 Å². The summed E-state index contributed by atoms with van der Waals surface area (Å²) in [4.78, 5) is 19.7. The second-order valence-corrected chi connectivity index (χ2v) is 4.43. The lowest BCUT2D eigenvalue weighted by Gasteiger charge is -2.20. The molecule has 1 atom stereocenters. The Kier molecular flexibility index (Phi) is 2.59. The Hall–Kier alpha value is -2.17. The molecule has 5 heteroatoms. The number of imidazole rings is 1. The van der Waals surface area contributed by atoms with Crippen LogP contribution in [0.2, 0.25) is 0 Å². The van der Waals surface area contributed by atoms with Crippen molar-refractivity contribution >= 4 is 5.97 Å². The van der Waals surface area contributed by atoms with Gasteiger partial charge in [-0.15, -0.1) is 0 Å². The second kappa shape index (κ2) is 4.25. The lowest BCUT2D eigenvalue weighted by molar-refractivity contribution is -0.141. The fourth-order valence-electron chi connectivity index (χ4n) is 2.38. The van der Waals surface area contributed by atoms with Crippen LogP contribution < -0.4 is 0 Å². The first-order chi connectivity index (χ1) is 8.75. The van der Waals surface area contributed by atoms with E-state index in [2.05, 4.69) is 9.97 Å². The van der Waals surface area contributed by atoms with E-state index in [1.807, 2.05) is 18.3 Å². The molecule has 1 aliphatic rings. The summed E-state index contributed by atoms with van der Waals surface area (Å²) < 4.78 is 1.79. The number of fused-ring (bicyclic) bond motifs is 1. The van der Waals surface area contributed by atoms with Crippen LogP contribution in [0.15, 0.2) is 30.7 Å². The highest BCUT2D eigenvalue weighted by molar-refractivity contribution is 5.72. The van der Waals surface area contributed by atoms with Gasteiger partial charge in [0.1, 0.15) is 11.9 Å². The van der Waals surface area contributed by atoms with Gasteiger partial charge >= 0.3 is 5.97 Å². The Labute approximate surface area is 104 Å². The van der Waals surface area contributed by atoms with E-state index >= 15 is 0 Å². The Morgan fingerprint density at radius 1 is 1.39 bits per heavy atom. The highest BCUT2D eigenvalue weighted by Gasteiger charge is 2.26. The summed E-state index contributed by atoms with van der Waals surface area (Å²) in [6.45, 7) is 0. The van der Waals surface area contributed by atoms with Crippen molar-refractivity contribution in [3.05, 3.63) is 36.5 Å².